The van der Waals surface area contributed by atoms with Gasteiger partial charge in [0.2, 0.25) is 0 Å². The van der Waals surface area contributed by atoms with Gasteiger partial charge in [0, 0.05) is 64.0 Å². The molecule has 0 bridgehead atoms. The number of nitrogens with one attached hydrogen (secondary N) is 1. The molecule has 2 amide bonds. The molecule has 138 valence electrons. The molecule has 1 N–H and O–H groups in total. The lowest BCUT2D eigenvalue weighted by molar-refractivity contribution is 0.194. The van der Waals surface area contributed by atoms with E-state index in [1.54, 1.807) is 0 Å². The lowest BCUT2D eigenvalue weighted by Gasteiger charge is -2.36. The number of carbonyl (C=O) groups excluding carboxylic acids is 1. The summed E-state index contributed by atoms with van der Waals surface area (Å²) in [6, 6.07) is 10.4. The average Bonchev–Trinajstić information content (AvgIpc) is 3.11. The maximum absolute atomic E-state index is 12.4. The molecule has 6 nitrogen and oxygen atoms in total. The number of benzene rings is 1. The van der Waals surface area contributed by atoms with E-state index in [9.17, 15) is 4.79 Å². The van der Waals surface area contributed by atoms with E-state index in [0.29, 0.717) is 6.54 Å². The number of piperazine rings is 1. The first-order chi connectivity index (χ1) is 12.8. The van der Waals surface area contributed by atoms with E-state index < -0.39 is 0 Å². The van der Waals surface area contributed by atoms with E-state index in [1.807, 2.05) is 11.0 Å². The summed E-state index contributed by atoms with van der Waals surface area (Å²) in [4.78, 5) is 21.3. The second-order valence-corrected chi connectivity index (χ2v) is 7.09. The summed E-state index contributed by atoms with van der Waals surface area (Å²) in [6.45, 7) is 5.02. The van der Waals surface area contributed by atoms with Crippen LogP contribution in [0.3, 0.4) is 0 Å². The SMILES string of the molecule is O=C(NCCc1cn2c(n1)CCCC2)N1CCN(c2ccccc2)CC1. The van der Waals surface area contributed by atoms with Crippen LogP contribution in [0.5, 0.6) is 0 Å². The maximum Gasteiger partial charge on any atom is 0.317 e. The predicted molar refractivity (Wildman–Crippen MR) is 102 cm³/mol. The minimum Gasteiger partial charge on any atom is -0.368 e. The minimum absolute atomic E-state index is 0.0432. The van der Waals surface area contributed by atoms with Crippen molar-refractivity contribution in [3.63, 3.8) is 0 Å². The summed E-state index contributed by atoms with van der Waals surface area (Å²) in [7, 11) is 0. The highest BCUT2D eigenvalue weighted by molar-refractivity contribution is 5.74. The number of carbonyl (C=O) groups is 1. The smallest absolute Gasteiger partial charge is 0.317 e. The third-order valence-corrected chi connectivity index (χ3v) is 5.30. The Morgan fingerprint density at radius 3 is 2.62 bits per heavy atom. The topological polar surface area (TPSA) is 53.4 Å². The number of imidazole rings is 1. The molecule has 2 aromatic rings. The Kier molecular flexibility index (Phi) is 5.09. The molecule has 0 spiro atoms. The minimum atomic E-state index is 0.0432. The van der Waals surface area contributed by atoms with Gasteiger partial charge in [-0.2, -0.15) is 0 Å². The summed E-state index contributed by atoms with van der Waals surface area (Å²) < 4.78 is 2.27. The lowest BCUT2D eigenvalue weighted by Crippen LogP contribution is -2.52. The van der Waals surface area contributed by atoms with Crippen LogP contribution >= 0.6 is 0 Å². The molecule has 0 aliphatic carbocycles. The first kappa shape index (κ1) is 16.9. The van der Waals surface area contributed by atoms with Crippen molar-refractivity contribution in [3.05, 3.63) is 48.0 Å². The molecule has 1 aromatic heterocycles. The summed E-state index contributed by atoms with van der Waals surface area (Å²) in [5, 5.41) is 3.06. The van der Waals surface area contributed by atoms with Gasteiger partial charge in [-0.25, -0.2) is 9.78 Å². The first-order valence-corrected chi connectivity index (χ1v) is 9.67. The van der Waals surface area contributed by atoms with Crippen LogP contribution in [0.15, 0.2) is 36.5 Å². The van der Waals surface area contributed by atoms with Gasteiger partial charge in [0.1, 0.15) is 5.82 Å². The first-order valence-electron chi connectivity index (χ1n) is 9.67. The van der Waals surface area contributed by atoms with Crippen molar-refractivity contribution in [3.8, 4) is 0 Å². The number of aromatic nitrogens is 2. The van der Waals surface area contributed by atoms with Crippen LogP contribution in [0, 0.1) is 0 Å². The highest BCUT2D eigenvalue weighted by Gasteiger charge is 2.21. The number of hydrogen-bond donors (Lipinski definition) is 1. The van der Waals surface area contributed by atoms with Gasteiger partial charge < -0.3 is 19.7 Å². The molecule has 0 unspecified atom stereocenters. The fourth-order valence-corrected chi connectivity index (χ4v) is 3.81. The third kappa shape index (κ3) is 3.84. The van der Waals surface area contributed by atoms with Gasteiger partial charge in [0.15, 0.2) is 0 Å². The van der Waals surface area contributed by atoms with Crippen molar-refractivity contribution in [2.75, 3.05) is 37.6 Å². The number of hydrogen-bond acceptors (Lipinski definition) is 3. The standard InChI is InChI=1S/C20H27N5O/c26-20(21-10-9-17-16-25-11-5-4-8-19(25)22-17)24-14-12-23(13-15-24)18-6-2-1-3-7-18/h1-3,6-7,16H,4-5,8-15H2,(H,21,26). The van der Waals surface area contributed by atoms with Gasteiger partial charge >= 0.3 is 6.03 Å². The Balaban J connectivity index is 1.21. The molecule has 26 heavy (non-hydrogen) atoms. The van der Waals surface area contributed by atoms with E-state index in [1.165, 1.54) is 24.4 Å². The highest BCUT2D eigenvalue weighted by atomic mass is 16.2. The zero-order valence-electron chi connectivity index (χ0n) is 15.2. The van der Waals surface area contributed by atoms with Crippen LogP contribution < -0.4 is 10.2 Å². The van der Waals surface area contributed by atoms with Crippen LogP contribution in [-0.2, 0) is 19.4 Å². The van der Waals surface area contributed by atoms with E-state index in [2.05, 4.69) is 45.2 Å². The monoisotopic (exact) mass is 353 g/mol. The molecule has 2 aliphatic heterocycles. The van der Waals surface area contributed by atoms with Crippen LogP contribution in [-0.4, -0.2) is 53.2 Å². The van der Waals surface area contributed by atoms with E-state index in [4.69, 9.17) is 4.98 Å². The third-order valence-electron chi connectivity index (χ3n) is 5.30. The van der Waals surface area contributed by atoms with Gasteiger partial charge in [-0.3, -0.25) is 0 Å². The van der Waals surface area contributed by atoms with Crippen molar-refractivity contribution in [2.45, 2.75) is 32.2 Å². The molecule has 1 fully saturated rings. The molecular weight excluding hydrogens is 326 g/mol. The number of amides is 2. The number of nitrogens with zero attached hydrogens (tertiary/aromatic N) is 4. The molecule has 2 aliphatic rings. The Labute approximate surface area is 154 Å². The molecule has 0 atom stereocenters. The van der Waals surface area contributed by atoms with Gasteiger partial charge in [-0.05, 0) is 25.0 Å². The molecule has 1 saturated heterocycles. The zero-order chi connectivity index (χ0) is 17.8. The Hall–Kier alpha value is -2.50. The Morgan fingerprint density at radius 1 is 1.04 bits per heavy atom. The quantitative estimate of drug-likeness (QED) is 0.918. The number of rotatable bonds is 4. The van der Waals surface area contributed by atoms with Crippen LogP contribution in [0.4, 0.5) is 10.5 Å². The van der Waals surface area contributed by atoms with Crippen molar-refractivity contribution in [2.24, 2.45) is 0 Å². The van der Waals surface area contributed by atoms with Gasteiger partial charge in [-0.1, -0.05) is 18.2 Å². The van der Waals surface area contributed by atoms with E-state index >= 15 is 0 Å². The van der Waals surface area contributed by atoms with Crippen molar-refractivity contribution in [1.29, 1.82) is 0 Å². The molecule has 6 heteroatoms. The summed E-state index contributed by atoms with van der Waals surface area (Å²) >= 11 is 0. The highest BCUT2D eigenvalue weighted by Crippen LogP contribution is 2.16. The number of fused-ring (bicyclic) bond motifs is 1. The lowest BCUT2D eigenvalue weighted by atomic mass is 10.2. The predicted octanol–water partition coefficient (Wildman–Crippen LogP) is 2.29. The molecule has 0 radical (unpaired) electrons. The van der Waals surface area contributed by atoms with Gasteiger partial charge in [0.25, 0.3) is 0 Å². The molecule has 3 heterocycles. The largest absolute Gasteiger partial charge is 0.368 e. The number of para-hydroxylation sites is 1. The van der Waals surface area contributed by atoms with Crippen LogP contribution in [0.25, 0.3) is 0 Å². The Bertz CT molecular complexity index is 710. The second-order valence-electron chi connectivity index (χ2n) is 7.09. The zero-order valence-corrected chi connectivity index (χ0v) is 15.2. The fraction of sp³-hybridized carbons (Fsp3) is 0.500. The Morgan fingerprint density at radius 2 is 1.85 bits per heavy atom. The van der Waals surface area contributed by atoms with E-state index in [0.717, 1.165) is 51.3 Å². The van der Waals surface area contributed by atoms with Crippen LogP contribution in [0.2, 0.25) is 0 Å². The molecule has 4 rings (SSSR count). The summed E-state index contributed by atoms with van der Waals surface area (Å²) in [5.41, 5.74) is 2.33. The average molecular weight is 353 g/mol. The van der Waals surface area contributed by atoms with Gasteiger partial charge in [-0.15, -0.1) is 0 Å². The normalized spacial score (nSPS) is 17.1. The summed E-state index contributed by atoms with van der Waals surface area (Å²) in [6.07, 6.45) is 6.52. The maximum atomic E-state index is 12.4. The fourth-order valence-electron chi connectivity index (χ4n) is 3.81. The van der Waals surface area contributed by atoms with Crippen molar-refractivity contribution < 1.29 is 4.79 Å². The van der Waals surface area contributed by atoms with Gasteiger partial charge in [0.05, 0.1) is 5.69 Å². The molecule has 1 aromatic carbocycles. The molecule has 0 saturated carbocycles. The summed E-state index contributed by atoms with van der Waals surface area (Å²) in [5.74, 6) is 1.20. The second kappa shape index (κ2) is 7.81. The van der Waals surface area contributed by atoms with Crippen molar-refractivity contribution >= 4 is 11.7 Å². The molecular formula is C20H27N5O. The number of anilines is 1. The number of urea groups is 1. The van der Waals surface area contributed by atoms with Crippen molar-refractivity contribution in [1.82, 2.24) is 19.8 Å². The van der Waals surface area contributed by atoms with Crippen LogP contribution in [0.1, 0.15) is 24.4 Å². The van der Waals surface area contributed by atoms with E-state index in [-0.39, 0.29) is 6.03 Å². The number of aryl methyl sites for hydroxylation is 2.